The van der Waals surface area contributed by atoms with E-state index in [1.807, 2.05) is 29.2 Å². The summed E-state index contributed by atoms with van der Waals surface area (Å²) in [6, 6.07) is 13.5. The van der Waals surface area contributed by atoms with Crippen molar-refractivity contribution in [3.63, 3.8) is 0 Å². The number of aryl methyl sites for hydroxylation is 2. The number of carbonyl (C=O) groups excluding carboxylic acids is 1. The second-order valence-corrected chi connectivity index (χ2v) is 6.53. The Bertz CT molecular complexity index is 790. The number of anilines is 1. The van der Waals surface area contributed by atoms with Gasteiger partial charge in [-0.2, -0.15) is 0 Å². The molecule has 0 bridgehead atoms. The van der Waals surface area contributed by atoms with Gasteiger partial charge in [0.15, 0.2) is 0 Å². The van der Waals surface area contributed by atoms with Gasteiger partial charge in [-0.25, -0.2) is 0 Å². The number of amides is 1. The maximum Gasteiger partial charge on any atom is 0.246 e. The lowest BCUT2D eigenvalue weighted by atomic mass is 10.1. The van der Waals surface area contributed by atoms with Gasteiger partial charge in [-0.05, 0) is 43.2 Å². The summed E-state index contributed by atoms with van der Waals surface area (Å²) in [6.07, 6.45) is 3.57. The van der Waals surface area contributed by atoms with E-state index in [0.29, 0.717) is 13.1 Å². The molecule has 2 aromatic rings. The first-order valence-electron chi connectivity index (χ1n) is 8.61. The molecule has 130 valence electrons. The minimum absolute atomic E-state index is 0.0514. The average molecular weight is 336 g/mol. The van der Waals surface area contributed by atoms with Gasteiger partial charge in [-0.15, -0.1) is 0 Å². The summed E-state index contributed by atoms with van der Waals surface area (Å²) in [4.78, 5) is 16.5. The molecule has 1 saturated heterocycles. The molecule has 1 aliphatic rings. The zero-order valence-electron chi connectivity index (χ0n) is 14.8. The second kappa shape index (κ2) is 7.43. The van der Waals surface area contributed by atoms with Crippen molar-refractivity contribution in [1.29, 1.82) is 0 Å². The van der Waals surface area contributed by atoms with Crippen molar-refractivity contribution in [2.75, 3.05) is 31.1 Å². The maximum absolute atomic E-state index is 12.4. The first-order chi connectivity index (χ1) is 12.0. The highest BCUT2D eigenvalue weighted by Crippen LogP contribution is 2.21. The summed E-state index contributed by atoms with van der Waals surface area (Å²) in [5, 5.41) is 9.60. The minimum Gasteiger partial charge on any atom is -0.508 e. The van der Waals surface area contributed by atoms with Crippen LogP contribution in [0.3, 0.4) is 0 Å². The summed E-state index contributed by atoms with van der Waals surface area (Å²) >= 11 is 0. The van der Waals surface area contributed by atoms with Crippen molar-refractivity contribution >= 4 is 17.7 Å². The van der Waals surface area contributed by atoms with Crippen LogP contribution >= 0.6 is 0 Å². The number of phenols is 1. The van der Waals surface area contributed by atoms with Gasteiger partial charge in [0.05, 0.1) is 0 Å². The Morgan fingerprint density at radius 2 is 1.80 bits per heavy atom. The van der Waals surface area contributed by atoms with E-state index in [1.54, 1.807) is 18.2 Å². The monoisotopic (exact) mass is 336 g/mol. The third-order valence-electron chi connectivity index (χ3n) is 4.62. The van der Waals surface area contributed by atoms with Gasteiger partial charge in [0.2, 0.25) is 5.91 Å². The van der Waals surface area contributed by atoms with Crippen LogP contribution in [0.15, 0.2) is 48.5 Å². The van der Waals surface area contributed by atoms with Crippen LogP contribution in [0.5, 0.6) is 5.75 Å². The van der Waals surface area contributed by atoms with Crippen molar-refractivity contribution in [3.05, 3.63) is 65.2 Å². The standard InChI is InChI=1S/C21H24N2O2/c1-16-6-7-18(17(2)14-16)8-9-21(25)23-12-10-22(11-13-23)19-4-3-5-20(24)15-19/h3-9,14-15,24H,10-13H2,1-2H3/b9-8+. The summed E-state index contributed by atoms with van der Waals surface area (Å²) in [5.41, 5.74) is 4.48. The molecule has 0 aliphatic carbocycles. The molecule has 1 aliphatic heterocycles. The second-order valence-electron chi connectivity index (χ2n) is 6.53. The molecule has 0 radical (unpaired) electrons. The smallest absolute Gasteiger partial charge is 0.246 e. The van der Waals surface area contributed by atoms with E-state index in [4.69, 9.17) is 0 Å². The lowest BCUT2D eigenvalue weighted by Crippen LogP contribution is -2.48. The van der Waals surface area contributed by atoms with Crippen molar-refractivity contribution in [1.82, 2.24) is 4.90 Å². The Morgan fingerprint density at radius 3 is 2.48 bits per heavy atom. The Labute approximate surface area is 149 Å². The van der Waals surface area contributed by atoms with Crippen LogP contribution in [0.2, 0.25) is 0 Å². The number of piperazine rings is 1. The molecule has 2 aromatic carbocycles. The number of aromatic hydroxyl groups is 1. The number of hydrogen-bond donors (Lipinski definition) is 1. The lowest BCUT2D eigenvalue weighted by molar-refractivity contribution is -0.126. The maximum atomic E-state index is 12.4. The van der Waals surface area contributed by atoms with Crippen LogP contribution < -0.4 is 4.90 Å². The van der Waals surface area contributed by atoms with E-state index < -0.39 is 0 Å². The number of hydrogen-bond acceptors (Lipinski definition) is 3. The van der Waals surface area contributed by atoms with Gasteiger partial charge in [-0.3, -0.25) is 4.79 Å². The quantitative estimate of drug-likeness (QED) is 0.874. The third kappa shape index (κ3) is 4.21. The highest BCUT2D eigenvalue weighted by molar-refractivity contribution is 5.92. The summed E-state index contributed by atoms with van der Waals surface area (Å²) in [7, 11) is 0. The zero-order valence-corrected chi connectivity index (χ0v) is 14.8. The fraction of sp³-hybridized carbons (Fsp3) is 0.286. The van der Waals surface area contributed by atoms with Crippen LogP contribution in [-0.2, 0) is 4.79 Å². The number of carbonyl (C=O) groups is 1. The molecule has 4 heteroatoms. The van der Waals surface area contributed by atoms with Crippen molar-refractivity contribution in [3.8, 4) is 5.75 Å². The Hall–Kier alpha value is -2.75. The van der Waals surface area contributed by atoms with E-state index >= 15 is 0 Å². The first kappa shape index (κ1) is 17.1. The van der Waals surface area contributed by atoms with Crippen LogP contribution in [0.4, 0.5) is 5.69 Å². The molecule has 4 nitrogen and oxygen atoms in total. The predicted octanol–water partition coefficient (Wildman–Crippen LogP) is 3.37. The van der Waals surface area contributed by atoms with E-state index in [1.165, 1.54) is 11.1 Å². The summed E-state index contributed by atoms with van der Waals surface area (Å²) in [6.45, 7) is 7.04. The van der Waals surface area contributed by atoms with Gasteiger partial charge < -0.3 is 14.9 Å². The van der Waals surface area contributed by atoms with Gasteiger partial charge in [0.25, 0.3) is 0 Å². The average Bonchev–Trinajstić information content (AvgIpc) is 2.61. The molecule has 1 heterocycles. The minimum atomic E-state index is 0.0514. The number of rotatable bonds is 3. The van der Waals surface area contributed by atoms with Crippen LogP contribution in [0, 0.1) is 13.8 Å². The lowest BCUT2D eigenvalue weighted by Gasteiger charge is -2.35. The van der Waals surface area contributed by atoms with Crippen molar-refractivity contribution < 1.29 is 9.90 Å². The van der Waals surface area contributed by atoms with E-state index in [-0.39, 0.29) is 11.7 Å². The third-order valence-corrected chi connectivity index (χ3v) is 4.62. The van der Waals surface area contributed by atoms with E-state index in [0.717, 1.165) is 24.3 Å². The molecule has 0 atom stereocenters. The Balaban J connectivity index is 1.59. The van der Waals surface area contributed by atoms with E-state index in [2.05, 4.69) is 30.9 Å². The molecule has 0 spiro atoms. The number of benzene rings is 2. The predicted molar refractivity (Wildman–Crippen MR) is 102 cm³/mol. The topological polar surface area (TPSA) is 43.8 Å². The first-order valence-corrected chi connectivity index (χ1v) is 8.61. The summed E-state index contributed by atoms with van der Waals surface area (Å²) in [5.74, 6) is 0.322. The fourth-order valence-corrected chi connectivity index (χ4v) is 3.15. The van der Waals surface area contributed by atoms with Crippen molar-refractivity contribution in [2.45, 2.75) is 13.8 Å². The molecule has 25 heavy (non-hydrogen) atoms. The Kier molecular flexibility index (Phi) is 5.08. The SMILES string of the molecule is Cc1ccc(/C=C/C(=O)N2CCN(c3cccc(O)c3)CC2)c(C)c1. The van der Waals surface area contributed by atoms with Gasteiger partial charge in [-0.1, -0.05) is 29.8 Å². The normalized spacial score (nSPS) is 15.0. The summed E-state index contributed by atoms with van der Waals surface area (Å²) < 4.78 is 0. The van der Waals surface area contributed by atoms with Gasteiger partial charge in [0, 0.05) is 44.0 Å². The number of phenolic OH excluding ortho intramolecular Hbond substituents is 1. The molecular formula is C21H24N2O2. The molecule has 0 unspecified atom stereocenters. The van der Waals surface area contributed by atoms with Crippen LogP contribution in [-0.4, -0.2) is 42.1 Å². The molecule has 1 amide bonds. The molecule has 0 saturated carbocycles. The number of nitrogens with zero attached hydrogens (tertiary/aromatic N) is 2. The highest BCUT2D eigenvalue weighted by Gasteiger charge is 2.20. The molecule has 3 rings (SSSR count). The van der Waals surface area contributed by atoms with Gasteiger partial charge in [0.1, 0.15) is 5.75 Å². The molecule has 1 N–H and O–H groups in total. The fourth-order valence-electron chi connectivity index (χ4n) is 3.15. The van der Waals surface area contributed by atoms with E-state index in [9.17, 15) is 9.90 Å². The van der Waals surface area contributed by atoms with Gasteiger partial charge >= 0.3 is 0 Å². The van der Waals surface area contributed by atoms with Crippen LogP contribution in [0.1, 0.15) is 16.7 Å². The molecular weight excluding hydrogens is 312 g/mol. The molecule has 0 aromatic heterocycles. The van der Waals surface area contributed by atoms with Crippen LogP contribution in [0.25, 0.3) is 6.08 Å². The Morgan fingerprint density at radius 1 is 1.04 bits per heavy atom. The largest absolute Gasteiger partial charge is 0.508 e. The highest BCUT2D eigenvalue weighted by atomic mass is 16.3. The zero-order chi connectivity index (χ0) is 17.8. The van der Waals surface area contributed by atoms with Crippen molar-refractivity contribution in [2.24, 2.45) is 0 Å². The molecule has 1 fully saturated rings.